The predicted octanol–water partition coefficient (Wildman–Crippen LogP) is 2.30. The van der Waals surface area contributed by atoms with Crippen molar-refractivity contribution in [1.82, 2.24) is 0 Å². The van der Waals surface area contributed by atoms with Gasteiger partial charge in [0.15, 0.2) is 0 Å². The molecule has 1 atom stereocenters. The second kappa shape index (κ2) is 5.05. The normalized spacial score (nSPS) is 20.5. The van der Waals surface area contributed by atoms with Gasteiger partial charge in [-0.25, -0.2) is 4.79 Å². The van der Waals surface area contributed by atoms with Crippen molar-refractivity contribution < 1.29 is 19.4 Å². The molecule has 1 N–H and O–H groups in total. The van der Waals surface area contributed by atoms with Crippen molar-refractivity contribution in [1.29, 1.82) is 0 Å². The molecule has 0 aliphatic carbocycles. The van der Waals surface area contributed by atoms with E-state index in [1.807, 2.05) is 19.9 Å². The van der Waals surface area contributed by atoms with Gasteiger partial charge in [0.1, 0.15) is 5.75 Å². The zero-order valence-electron chi connectivity index (χ0n) is 11.3. The van der Waals surface area contributed by atoms with E-state index in [0.717, 1.165) is 11.1 Å². The molecule has 0 amide bonds. The van der Waals surface area contributed by atoms with Crippen molar-refractivity contribution in [3.05, 3.63) is 35.4 Å². The molecule has 0 bridgehead atoms. The lowest BCUT2D eigenvalue weighted by Gasteiger charge is -2.05. The molecule has 0 radical (unpaired) electrons. The van der Waals surface area contributed by atoms with Crippen LogP contribution in [0.15, 0.2) is 24.3 Å². The summed E-state index contributed by atoms with van der Waals surface area (Å²) in [6, 6.07) is 5.23. The third-order valence-corrected chi connectivity index (χ3v) is 3.29. The molecule has 1 fully saturated rings. The largest absolute Gasteiger partial charge is 0.508 e. The van der Waals surface area contributed by atoms with Crippen molar-refractivity contribution in [3.8, 4) is 5.75 Å². The molecule has 0 aromatic heterocycles. The van der Waals surface area contributed by atoms with Crippen LogP contribution < -0.4 is 0 Å². The van der Waals surface area contributed by atoms with Crippen LogP contribution in [0.2, 0.25) is 0 Å². The lowest BCUT2D eigenvalue weighted by atomic mass is 10.00. The number of esters is 1. The third kappa shape index (κ3) is 3.35. The Morgan fingerprint density at radius 3 is 2.79 bits per heavy atom. The molecule has 0 unspecified atom stereocenters. The van der Waals surface area contributed by atoms with Crippen molar-refractivity contribution in [2.75, 3.05) is 7.11 Å². The minimum absolute atomic E-state index is 0.107. The molecular formula is C15H18O4. The number of hydrogen-bond donors (Lipinski definition) is 1. The fourth-order valence-electron chi connectivity index (χ4n) is 1.92. The molecule has 0 saturated carbocycles. The summed E-state index contributed by atoms with van der Waals surface area (Å²) in [6.07, 6.45) is 3.82. The van der Waals surface area contributed by atoms with E-state index < -0.39 is 5.97 Å². The van der Waals surface area contributed by atoms with Crippen LogP contribution in [0, 0.1) is 0 Å². The van der Waals surface area contributed by atoms with Crippen LogP contribution >= 0.6 is 0 Å². The standard InChI is InChI=1S/C15H18O4/c1-15(2)13(19-15)9-11-8-10(4-6-12(11)16)5-7-14(17)18-3/h4-8,13,16H,9H2,1-3H3/t13-/m1/s1. The van der Waals surface area contributed by atoms with Crippen LogP contribution in [0.4, 0.5) is 0 Å². The highest BCUT2D eigenvalue weighted by Crippen LogP contribution is 2.39. The molecule has 1 aromatic rings. The van der Waals surface area contributed by atoms with Gasteiger partial charge in [-0.1, -0.05) is 6.07 Å². The van der Waals surface area contributed by atoms with Gasteiger partial charge in [-0.05, 0) is 43.2 Å². The van der Waals surface area contributed by atoms with Crippen LogP contribution in [-0.4, -0.2) is 29.9 Å². The van der Waals surface area contributed by atoms with Gasteiger partial charge < -0.3 is 14.6 Å². The summed E-state index contributed by atoms with van der Waals surface area (Å²) in [5.74, 6) is -0.150. The zero-order chi connectivity index (χ0) is 14.0. The van der Waals surface area contributed by atoms with Gasteiger partial charge in [0, 0.05) is 12.5 Å². The van der Waals surface area contributed by atoms with Crippen LogP contribution in [0.5, 0.6) is 5.75 Å². The minimum Gasteiger partial charge on any atom is -0.508 e. The number of rotatable bonds is 4. The highest BCUT2D eigenvalue weighted by Gasteiger charge is 2.47. The summed E-state index contributed by atoms with van der Waals surface area (Å²) < 4.78 is 10.0. The number of carbonyl (C=O) groups excluding carboxylic acids is 1. The molecule has 1 aromatic carbocycles. The van der Waals surface area contributed by atoms with E-state index >= 15 is 0 Å². The second-order valence-corrected chi connectivity index (χ2v) is 5.16. The Balaban J connectivity index is 2.11. The first kappa shape index (κ1) is 13.6. The molecule has 4 nitrogen and oxygen atoms in total. The van der Waals surface area contributed by atoms with Crippen LogP contribution in [0.1, 0.15) is 25.0 Å². The fourth-order valence-corrected chi connectivity index (χ4v) is 1.92. The van der Waals surface area contributed by atoms with Gasteiger partial charge in [0.05, 0.1) is 18.8 Å². The van der Waals surface area contributed by atoms with E-state index in [-0.39, 0.29) is 17.5 Å². The SMILES string of the molecule is COC(=O)C=Cc1ccc(O)c(C[C@H]2OC2(C)C)c1. The highest BCUT2D eigenvalue weighted by atomic mass is 16.6. The Labute approximate surface area is 112 Å². The van der Waals surface area contributed by atoms with E-state index in [1.165, 1.54) is 13.2 Å². The van der Waals surface area contributed by atoms with Gasteiger partial charge in [0.2, 0.25) is 0 Å². The second-order valence-electron chi connectivity index (χ2n) is 5.16. The summed E-state index contributed by atoms with van der Waals surface area (Å²) in [4.78, 5) is 11.0. The van der Waals surface area contributed by atoms with E-state index in [2.05, 4.69) is 4.74 Å². The number of benzene rings is 1. The molecule has 1 heterocycles. The lowest BCUT2D eigenvalue weighted by Crippen LogP contribution is -2.06. The first-order chi connectivity index (χ1) is 8.92. The molecule has 1 saturated heterocycles. The van der Waals surface area contributed by atoms with Crippen molar-refractivity contribution in [2.45, 2.75) is 32.0 Å². The van der Waals surface area contributed by atoms with Crippen LogP contribution in [-0.2, 0) is 20.7 Å². The summed E-state index contributed by atoms with van der Waals surface area (Å²) in [5.41, 5.74) is 1.56. The number of epoxide rings is 1. The average Bonchev–Trinajstić information content (AvgIpc) is 2.97. The van der Waals surface area contributed by atoms with E-state index in [4.69, 9.17) is 4.74 Å². The quantitative estimate of drug-likeness (QED) is 0.514. The van der Waals surface area contributed by atoms with Crippen molar-refractivity contribution in [2.24, 2.45) is 0 Å². The summed E-state index contributed by atoms with van der Waals surface area (Å²) >= 11 is 0. The fraction of sp³-hybridized carbons (Fsp3) is 0.400. The summed E-state index contributed by atoms with van der Waals surface area (Å²) in [6.45, 7) is 4.05. The highest BCUT2D eigenvalue weighted by molar-refractivity contribution is 5.86. The maximum Gasteiger partial charge on any atom is 0.330 e. The van der Waals surface area contributed by atoms with Gasteiger partial charge >= 0.3 is 5.97 Å². The Bertz CT molecular complexity index is 517. The Morgan fingerprint density at radius 2 is 2.21 bits per heavy atom. The van der Waals surface area contributed by atoms with Crippen molar-refractivity contribution in [3.63, 3.8) is 0 Å². The molecule has 0 spiro atoms. The van der Waals surface area contributed by atoms with E-state index in [9.17, 15) is 9.90 Å². The lowest BCUT2D eigenvalue weighted by molar-refractivity contribution is -0.134. The number of hydrogen-bond acceptors (Lipinski definition) is 4. The zero-order valence-corrected chi connectivity index (χ0v) is 11.3. The minimum atomic E-state index is -0.402. The van der Waals surface area contributed by atoms with Crippen molar-refractivity contribution >= 4 is 12.0 Å². The first-order valence-corrected chi connectivity index (χ1v) is 6.18. The Kier molecular flexibility index (Phi) is 3.62. The maximum atomic E-state index is 11.0. The molecule has 19 heavy (non-hydrogen) atoms. The Hall–Kier alpha value is -1.81. The first-order valence-electron chi connectivity index (χ1n) is 6.18. The molecular weight excluding hydrogens is 244 g/mol. The molecule has 2 rings (SSSR count). The Morgan fingerprint density at radius 1 is 1.53 bits per heavy atom. The smallest absolute Gasteiger partial charge is 0.330 e. The number of aromatic hydroxyl groups is 1. The summed E-state index contributed by atoms with van der Waals surface area (Å²) in [5, 5.41) is 9.83. The number of carbonyl (C=O) groups is 1. The van der Waals surface area contributed by atoms with Gasteiger partial charge in [-0.2, -0.15) is 0 Å². The monoisotopic (exact) mass is 262 g/mol. The number of phenolic OH excluding ortho intramolecular Hbond substituents is 1. The molecule has 102 valence electrons. The average molecular weight is 262 g/mol. The molecule has 4 heteroatoms. The van der Waals surface area contributed by atoms with Crippen LogP contribution in [0.3, 0.4) is 0 Å². The number of methoxy groups -OCH3 is 1. The molecule has 1 aliphatic rings. The topological polar surface area (TPSA) is 59.1 Å². The van der Waals surface area contributed by atoms with Gasteiger partial charge in [0.25, 0.3) is 0 Å². The number of ether oxygens (including phenoxy) is 2. The van der Waals surface area contributed by atoms with Crippen LogP contribution in [0.25, 0.3) is 6.08 Å². The maximum absolute atomic E-state index is 11.0. The number of phenols is 1. The van der Waals surface area contributed by atoms with E-state index in [1.54, 1.807) is 18.2 Å². The predicted molar refractivity (Wildman–Crippen MR) is 71.8 cm³/mol. The molecule has 1 aliphatic heterocycles. The van der Waals surface area contributed by atoms with Gasteiger partial charge in [-0.3, -0.25) is 0 Å². The summed E-state index contributed by atoms with van der Waals surface area (Å²) in [7, 11) is 1.33. The third-order valence-electron chi connectivity index (χ3n) is 3.29. The van der Waals surface area contributed by atoms with E-state index in [0.29, 0.717) is 6.42 Å². The van der Waals surface area contributed by atoms with Gasteiger partial charge in [-0.15, -0.1) is 0 Å².